The SMILES string of the molecule is CCC1(CNC(=NC)NCc2ccc3c(c2)OCO3)CCC1.I. The highest BCUT2D eigenvalue weighted by Gasteiger charge is 2.34. The molecule has 1 fully saturated rings. The number of hydrogen-bond donors (Lipinski definition) is 2. The minimum absolute atomic E-state index is 0. The van der Waals surface area contributed by atoms with Crippen molar-refractivity contribution in [2.75, 3.05) is 20.4 Å². The summed E-state index contributed by atoms with van der Waals surface area (Å²) in [4.78, 5) is 4.31. The Morgan fingerprint density at radius 3 is 2.65 bits per heavy atom. The van der Waals surface area contributed by atoms with Gasteiger partial charge in [0.05, 0.1) is 0 Å². The Morgan fingerprint density at radius 1 is 1.22 bits per heavy atom. The third kappa shape index (κ3) is 4.22. The smallest absolute Gasteiger partial charge is 0.231 e. The van der Waals surface area contributed by atoms with Gasteiger partial charge < -0.3 is 20.1 Å². The van der Waals surface area contributed by atoms with Gasteiger partial charge in [0, 0.05) is 20.1 Å². The fraction of sp³-hybridized carbons (Fsp3) is 0.588. The first-order valence-electron chi connectivity index (χ1n) is 8.08. The molecule has 128 valence electrons. The van der Waals surface area contributed by atoms with Crippen LogP contribution in [0.25, 0.3) is 0 Å². The molecule has 2 aliphatic rings. The summed E-state index contributed by atoms with van der Waals surface area (Å²) in [7, 11) is 1.81. The topological polar surface area (TPSA) is 54.9 Å². The molecule has 0 atom stereocenters. The summed E-state index contributed by atoms with van der Waals surface area (Å²) >= 11 is 0. The lowest BCUT2D eigenvalue weighted by molar-refractivity contribution is 0.131. The van der Waals surface area contributed by atoms with Crippen LogP contribution < -0.4 is 20.1 Å². The van der Waals surface area contributed by atoms with Crippen LogP contribution in [0.4, 0.5) is 0 Å². The minimum Gasteiger partial charge on any atom is -0.454 e. The second-order valence-corrected chi connectivity index (χ2v) is 6.17. The molecule has 0 spiro atoms. The highest BCUT2D eigenvalue weighted by molar-refractivity contribution is 14.0. The third-order valence-corrected chi connectivity index (χ3v) is 4.92. The zero-order chi connectivity index (χ0) is 15.4. The predicted molar refractivity (Wildman–Crippen MR) is 103 cm³/mol. The summed E-state index contributed by atoms with van der Waals surface area (Å²) < 4.78 is 10.7. The number of halogens is 1. The van der Waals surface area contributed by atoms with E-state index < -0.39 is 0 Å². The van der Waals surface area contributed by atoms with Crippen LogP contribution in [-0.4, -0.2) is 26.3 Å². The van der Waals surface area contributed by atoms with Crippen molar-refractivity contribution in [2.45, 2.75) is 39.2 Å². The first kappa shape index (κ1) is 18.2. The number of guanidine groups is 1. The third-order valence-electron chi connectivity index (χ3n) is 4.92. The van der Waals surface area contributed by atoms with Gasteiger partial charge in [-0.2, -0.15) is 0 Å². The predicted octanol–water partition coefficient (Wildman–Crippen LogP) is 3.28. The highest BCUT2D eigenvalue weighted by Crippen LogP contribution is 2.43. The van der Waals surface area contributed by atoms with E-state index in [0.717, 1.165) is 36.1 Å². The summed E-state index contributed by atoms with van der Waals surface area (Å²) in [6.45, 7) is 4.32. The molecule has 1 saturated carbocycles. The van der Waals surface area contributed by atoms with Gasteiger partial charge in [-0.1, -0.05) is 19.4 Å². The largest absolute Gasteiger partial charge is 0.454 e. The molecule has 0 amide bonds. The molecule has 0 saturated heterocycles. The average molecular weight is 431 g/mol. The van der Waals surface area contributed by atoms with E-state index in [-0.39, 0.29) is 24.0 Å². The van der Waals surface area contributed by atoms with E-state index in [1.807, 2.05) is 25.2 Å². The van der Waals surface area contributed by atoms with Crippen molar-refractivity contribution in [2.24, 2.45) is 10.4 Å². The van der Waals surface area contributed by atoms with Gasteiger partial charge in [0.1, 0.15) is 0 Å². The van der Waals surface area contributed by atoms with Crippen LogP contribution in [0.15, 0.2) is 23.2 Å². The molecule has 0 aromatic heterocycles. The second-order valence-electron chi connectivity index (χ2n) is 6.17. The van der Waals surface area contributed by atoms with Crippen molar-refractivity contribution in [3.8, 4) is 11.5 Å². The maximum absolute atomic E-state index is 5.41. The number of fused-ring (bicyclic) bond motifs is 1. The number of nitrogens with one attached hydrogen (secondary N) is 2. The average Bonchev–Trinajstić information content (AvgIpc) is 2.97. The van der Waals surface area contributed by atoms with Crippen molar-refractivity contribution in [1.29, 1.82) is 0 Å². The zero-order valence-electron chi connectivity index (χ0n) is 13.9. The lowest BCUT2D eigenvalue weighted by atomic mass is 9.67. The first-order valence-corrected chi connectivity index (χ1v) is 8.08. The summed E-state index contributed by atoms with van der Waals surface area (Å²) in [5.74, 6) is 2.50. The number of rotatable bonds is 5. The number of ether oxygens (including phenoxy) is 2. The van der Waals surface area contributed by atoms with E-state index in [4.69, 9.17) is 9.47 Å². The Morgan fingerprint density at radius 2 is 2.00 bits per heavy atom. The fourth-order valence-electron chi connectivity index (χ4n) is 3.06. The Labute approximate surface area is 155 Å². The quantitative estimate of drug-likeness (QED) is 0.427. The Kier molecular flexibility index (Phi) is 6.38. The molecule has 0 radical (unpaired) electrons. The van der Waals surface area contributed by atoms with Crippen LogP contribution in [0.3, 0.4) is 0 Å². The van der Waals surface area contributed by atoms with Gasteiger partial charge in [-0.25, -0.2) is 0 Å². The number of benzene rings is 1. The Bertz CT molecular complexity index is 553. The summed E-state index contributed by atoms with van der Waals surface area (Å²) in [5.41, 5.74) is 1.64. The number of nitrogens with zero attached hydrogens (tertiary/aromatic N) is 1. The molecule has 23 heavy (non-hydrogen) atoms. The van der Waals surface area contributed by atoms with E-state index in [9.17, 15) is 0 Å². The first-order chi connectivity index (χ1) is 10.7. The number of aliphatic imine (C=N–C) groups is 1. The lowest BCUT2D eigenvalue weighted by Crippen LogP contribution is -2.46. The van der Waals surface area contributed by atoms with Gasteiger partial charge >= 0.3 is 0 Å². The second kappa shape index (κ2) is 8.08. The van der Waals surface area contributed by atoms with Crippen molar-refractivity contribution >= 4 is 29.9 Å². The molecule has 5 nitrogen and oxygen atoms in total. The normalized spacial score (nSPS) is 17.9. The van der Waals surface area contributed by atoms with E-state index in [2.05, 4.69) is 22.5 Å². The molecule has 1 aromatic carbocycles. The zero-order valence-corrected chi connectivity index (χ0v) is 16.2. The van der Waals surface area contributed by atoms with Gasteiger partial charge in [-0.15, -0.1) is 24.0 Å². The molecular formula is C17H26IN3O2. The molecule has 2 N–H and O–H groups in total. The fourth-order valence-corrected chi connectivity index (χ4v) is 3.06. The molecule has 6 heteroatoms. The van der Waals surface area contributed by atoms with Gasteiger partial charge in [0.2, 0.25) is 6.79 Å². The molecule has 1 aromatic rings. The van der Waals surface area contributed by atoms with E-state index in [1.54, 1.807) is 0 Å². The summed E-state index contributed by atoms with van der Waals surface area (Å²) in [5, 5.41) is 6.83. The van der Waals surface area contributed by atoms with Gasteiger partial charge in [-0.05, 0) is 42.4 Å². The van der Waals surface area contributed by atoms with Gasteiger partial charge in [0.25, 0.3) is 0 Å². The van der Waals surface area contributed by atoms with Crippen molar-refractivity contribution in [1.82, 2.24) is 10.6 Å². The van der Waals surface area contributed by atoms with Crippen molar-refractivity contribution in [3.63, 3.8) is 0 Å². The summed E-state index contributed by atoms with van der Waals surface area (Å²) in [6, 6.07) is 6.02. The van der Waals surface area contributed by atoms with Crippen LogP contribution in [-0.2, 0) is 6.54 Å². The molecule has 1 heterocycles. The molecule has 0 unspecified atom stereocenters. The summed E-state index contributed by atoms with van der Waals surface area (Å²) in [6.07, 6.45) is 5.25. The van der Waals surface area contributed by atoms with Crippen LogP contribution in [0, 0.1) is 5.41 Å². The van der Waals surface area contributed by atoms with Crippen LogP contribution in [0.2, 0.25) is 0 Å². The Hall–Kier alpha value is -1.18. The van der Waals surface area contributed by atoms with Crippen LogP contribution in [0.5, 0.6) is 11.5 Å². The molecule has 3 rings (SSSR count). The maximum Gasteiger partial charge on any atom is 0.231 e. The monoisotopic (exact) mass is 431 g/mol. The van der Waals surface area contributed by atoms with Crippen molar-refractivity contribution in [3.05, 3.63) is 23.8 Å². The van der Waals surface area contributed by atoms with Crippen LogP contribution >= 0.6 is 24.0 Å². The molecule has 1 aliphatic carbocycles. The lowest BCUT2D eigenvalue weighted by Gasteiger charge is -2.41. The van der Waals surface area contributed by atoms with E-state index >= 15 is 0 Å². The molecular weight excluding hydrogens is 405 g/mol. The maximum atomic E-state index is 5.41. The van der Waals surface area contributed by atoms with Crippen molar-refractivity contribution < 1.29 is 9.47 Å². The highest BCUT2D eigenvalue weighted by atomic mass is 127. The van der Waals surface area contributed by atoms with Gasteiger partial charge in [-0.3, -0.25) is 4.99 Å². The van der Waals surface area contributed by atoms with Gasteiger partial charge in [0.15, 0.2) is 17.5 Å². The molecule has 1 aliphatic heterocycles. The Balaban J connectivity index is 0.00000192. The molecule has 0 bridgehead atoms. The standard InChI is InChI=1S/C17H25N3O2.HI/c1-3-17(7-4-8-17)11-20-16(18-2)19-10-13-5-6-14-15(9-13)22-12-21-14;/h5-6,9H,3-4,7-8,10-12H2,1-2H3,(H2,18,19,20);1H. The minimum atomic E-state index is 0. The number of hydrogen-bond acceptors (Lipinski definition) is 3. The van der Waals surface area contributed by atoms with E-state index in [1.165, 1.54) is 25.7 Å². The van der Waals surface area contributed by atoms with Crippen LogP contribution in [0.1, 0.15) is 38.2 Å². The van der Waals surface area contributed by atoms with E-state index in [0.29, 0.717) is 12.2 Å².